The Balaban J connectivity index is 2.22. The van der Waals surface area contributed by atoms with Crippen molar-refractivity contribution in [2.75, 3.05) is 6.54 Å². The first-order chi connectivity index (χ1) is 9.58. The average molecular weight is 341 g/mol. The number of halogens is 3. The standard InChI is InChI=1S/C15H15BrF2N2/c1-2-19-15(14-4-3-12(17)9-20-14)7-10-5-11(16)8-13(18)6-10/h3-6,8-9,15,19H,2,7H2,1H3. The van der Waals surface area contributed by atoms with Crippen molar-refractivity contribution in [2.45, 2.75) is 19.4 Å². The van der Waals surface area contributed by atoms with Crippen LogP contribution < -0.4 is 5.32 Å². The normalized spacial score (nSPS) is 12.4. The van der Waals surface area contributed by atoms with E-state index in [-0.39, 0.29) is 17.7 Å². The van der Waals surface area contributed by atoms with Crippen LogP contribution in [0, 0.1) is 11.6 Å². The highest BCUT2D eigenvalue weighted by Crippen LogP contribution is 2.21. The number of nitrogens with one attached hydrogen (secondary N) is 1. The summed E-state index contributed by atoms with van der Waals surface area (Å²) in [6.45, 7) is 2.73. The van der Waals surface area contributed by atoms with Gasteiger partial charge in [-0.05, 0) is 48.9 Å². The van der Waals surface area contributed by atoms with Crippen molar-refractivity contribution in [2.24, 2.45) is 0 Å². The van der Waals surface area contributed by atoms with Crippen molar-refractivity contribution < 1.29 is 8.78 Å². The van der Waals surface area contributed by atoms with Gasteiger partial charge in [-0.15, -0.1) is 0 Å². The van der Waals surface area contributed by atoms with Crippen LogP contribution in [-0.4, -0.2) is 11.5 Å². The van der Waals surface area contributed by atoms with E-state index in [4.69, 9.17) is 0 Å². The van der Waals surface area contributed by atoms with E-state index >= 15 is 0 Å². The topological polar surface area (TPSA) is 24.9 Å². The van der Waals surface area contributed by atoms with Crippen LogP contribution in [0.1, 0.15) is 24.2 Å². The molecule has 2 nitrogen and oxygen atoms in total. The molecule has 5 heteroatoms. The maximum absolute atomic E-state index is 13.4. The van der Waals surface area contributed by atoms with Gasteiger partial charge in [-0.3, -0.25) is 4.98 Å². The zero-order valence-electron chi connectivity index (χ0n) is 11.0. The van der Waals surface area contributed by atoms with Gasteiger partial charge in [-0.2, -0.15) is 0 Å². The van der Waals surface area contributed by atoms with Gasteiger partial charge in [-0.25, -0.2) is 8.78 Å². The first kappa shape index (κ1) is 15.1. The van der Waals surface area contributed by atoms with Crippen molar-refractivity contribution in [1.29, 1.82) is 0 Å². The summed E-state index contributed by atoms with van der Waals surface area (Å²) in [5.74, 6) is -0.644. The van der Waals surface area contributed by atoms with Gasteiger partial charge in [0.05, 0.1) is 17.9 Å². The fraction of sp³-hybridized carbons (Fsp3) is 0.267. The van der Waals surface area contributed by atoms with E-state index in [9.17, 15) is 8.78 Å². The van der Waals surface area contributed by atoms with E-state index in [0.717, 1.165) is 17.8 Å². The van der Waals surface area contributed by atoms with Gasteiger partial charge in [0, 0.05) is 4.47 Å². The number of benzene rings is 1. The van der Waals surface area contributed by atoms with E-state index in [1.807, 2.05) is 13.0 Å². The minimum Gasteiger partial charge on any atom is -0.309 e. The zero-order chi connectivity index (χ0) is 14.5. The third kappa shape index (κ3) is 4.08. The maximum Gasteiger partial charge on any atom is 0.141 e. The van der Waals surface area contributed by atoms with Crippen LogP contribution in [0.4, 0.5) is 8.78 Å². The molecular weight excluding hydrogens is 326 g/mol. The lowest BCUT2D eigenvalue weighted by atomic mass is 10.0. The fourth-order valence-electron chi connectivity index (χ4n) is 2.09. The number of hydrogen-bond donors (Lipinski definition) is 1. The SMILES string of the molecule is CCNC(Cc1cc(F)cc(Br)c1)c1ccc(F)cn1. The largest absolute Gasteiger partial charge is 0.309 e. The Morgan fingerprint density at radius 3 is 2.60 bits per heavy atom. The van der Waals surface area contributed by atoms with E-state index in [1.54, 1.807) is 6.07 Å². The van der Waals surface area contributed by atoms with Crippen LogP contribution in [0.2, 0.25) is 0 Å². The van der Waals surface area contributed by atoms with Crippen LogP contribution in [0.25, 0.3) is 0 Å². The van der Waals surface area contributed by atoms with Gasteiger partial charge in [0.15, 0.2) is 0 Å². The molecule has 1 aromatic carbocycles. The van der Waals surface area contributed by atoms with Gasteiger partial charge in [0.2, 0.25) is 0 Å². The number of hydrogen-bond acceptors (Lipinski definition) is 2. The fourth-order valence-corrected chi connectivity index (χ4v) is 2.60. The molecule has 1 heterocycles. The zero-order valence-corrected chi connectivity index (χ0v) is 12.6. The molecule has 0 saturated heterocycles. The molecule has 1 unspecified atom stereocenters. The van der Waals surface area contributed by atoms with Gasteiger partial charge in [0.1, 0.15) is 11.6 Å². The summed E-state index contributed by atoms with van der Waals surface area (Å²) in [6, 6.07) is 7.75. The summed E-state index contributed by atoms with van der Waals surface area (Å²) in [5.41, 5.74) is 1.60. The molecule has 0 aliphatic rings. The smallest absolute Gasteiger partial charge is 0.141 e. The lowest BCUT2D eigenvalue weighted by molar-refractivity contribution is 0.529. The predicted octanol–water partition coefficient (Wildman–Crippen LogP) is 4.02. The molecule has 1 N–H and O–H groups in total. The quantitative estimate of drug-likeness (QED) is 0.889. The molecule has 1 atom stereocenters. The maximum atomic E-state index is 13.4. The summed E-state index contributed by atoms with van der Waals surface area (Å²) in [6.07, 6.45) is 1.78. The molecule has 0 bridgehead atoms. The Hall–Kier alpha value is -1.33. The van der Waals surface area contributed by atoms with Crippen LogP contribution in [0.5, 0.6) is 0 Å². The summed E-state index contributed by atoms with van der Waals surface area (Å²) < 4.78 is 27.0. The van der Waals surface area contributed by atoms with E-state index in [0.29, 0.717) is 10.9 Å². The summed E-state index contributed by atoms with van der Waals surface area (Å²) in [7, 11) is 0. The average Bonchev–Trinajstić information content (AvgIpc) is 2.38. The lowest BCUT2D eigenvalue weighted by Crippen LogP contribution is -2.24. The molecule has 1 aromatic heterocycles. The highest BCUT2D eigenvalue weighted by atomic mass is 79.9. The van der Waals surface area contributed by atoms with Gasteiger partial charge < -0.3 is 5.32 Å². The minimum absolute atomic E-state index is 0.0747. The van der Waals surface area contributed by atoms with Crippen molar-refractivity contribution >= 4 is 15.9 Å². The molecule has 106 valence electrons. The second-order valence-electron chi connectivity index (χ2n) is 4.49. The first-order valence-corrected chi connectivity index (χ1v) is 7.17. The Labute approximate surface area is 125 Å². The van der Waals surface area contributed by atoms with Crippen molar-refractivity contribution in [1.82, 2.24) is 10.3 Å². The molecule has 0 saturated carbocycles. The second-order valence-corrected chi connectivity index (χ2v) is 5.41. The van der Waals surface area contributed by atoms with Crippen LogP contribution >= 0.6 is 15.9 Å². The Kier molecular flexibility index (Phi) is 5.20. The molecule has 0 aliphatic heterocycles. The minimum atomic E-state index is -0.363. The molecule has 0 amide bonds. The molecule has 2 aromatic rings. The van der Waals surface area contributed by atoms with Crippen molar-refractivity contribution in [3.63, 3.8) is 0 Å². The Bertz CT molecular complexity index is 552. The van der Waals surface area contributed by atoms with Crippen LogP contribution in [0.3, 0.4) is 0 Å². The molecule has 2 rings (SSSR count). The first-order valence-electron chi connectivity index (χ1n) is 6.38. The summed E-state index contributed by atoms with van der Waals surface area (Å²) in [4.78, 5) is 4.10. The van der Waals surface area contributed by atoms with Crippen LogP contribution in [-0.2, 0) is 6.42 Å². The van der Waals surface area contributed by atoms with E-state index in [1.165, 1.54) is 24.4 Å². The van der Waals surface area contributed by atoms with Gasteiger partial charge >= 0.3 is 0 Å². The van der Waals surface area contributed by atoms with E-state index < -0.39 is 0 Å². The number of pyridine rings is 1. The highest BCUT2D eigenvalue weighted by Gasteiger charge is 2.13. The third-order valence-corrected chi connectivity index (χ3v) is 3.38. The molecule has 0 fully saturated rings. The molecule has 0 spiro atoms. The van der Waals surface area contributed by atoms with Gasteiger partial charge in [-0.1, -0.05) is 22.9 Å². The second kappa shape index (κ2) is 6.90. The number of likely N-dealkylation sites (N-methyl/N-ethyl adjacent to an activating group) is 1. The molecule has 0 aliphatic carbocycles. The monoisotopic (exact) mass is 340 g/mol. The lowest BCUT2D eigenvalue weighted by Gasteiger charge is -2.17. The molecular formula is C15H15BrF2N2. The Morgan fingerprint density at radius 1 is 1.20 bits per heavy atom. The predicted molar refractivity (Wildman–Crippen MR) is 78.4 cm³/mol. The number of nitrogens with zero attached hydrogens (tertiary/aromatic N) is 1. The number of rotatable bonds is 5. The molecule has 0 radical (unpaired) electrons. The van der Waals surface area contributed by atoms with E-state index in [2.05, 4.69) is 26.2 Å². The highest BCUT2D eigenvalue weighted by molar-refractivity contribution is 9.10. The van der Waals surface area contributed by atoms with Crippen LogP contribution in [0.15, 0.2) is 41.0 Å². The number of aromatic nitrogens is 1. The summed E-state index contributed by atoms with van der Waals surface area (Å²) in [5, 5.41) is 3.28. The summed E-state index contributed by atoms with van der Waals surface area (Å²) >= 11 is 3.28. The van der Waals surface area contributed by atoms with Crippen molar-refractivity contribution in [3.8, 4) is 0 Å². The molecule has 20 heavy (non-hydrogen) atoms. The van der Waals surface area contributed by atoms with Crippen molar-refractivity contribution in [3.05, 3.63) is 63.9 Å². The van der Waals surface area contributed by atoms with Gasteiger partial charge in [0.25, 0.3) is 0 Å². The third-order valence-electron chi connectivity index (χ3n) is 2.92. The Morgan fingerprint density at radius 2 is 2.00 bits per heavy atom.